The Bertz CT molecular complexity index is 91.7. The maximum absolute atomic E-state index is 8.74. The van der Waals surface area contributed by atoms with E-state index in [0.29, 0.717) is 0 Å². The number of hydrogen-bond acceptors (Lipinski definition) is 3. The largest absolute Gasteiger partial charge is 0.412 e. The first kappa shape index (κ1) is 15.7. The molecule has 54 valence electrons. The van der Waals surface area contributed by atoms with E-state index in [1.807, 2.05) is 0 Å². The van der Waals surface area contributed by atoms with Gasteiger partial charge in [0.1, 0.15) is 0 Å². The topological polar surface area (TPSA) is 126 Å². The van der Waals surface area contributed by atoms with Crippen molar-refractivity contribution in [3.63, 3.8) is 0 Å². The van der Waals surface area contributed by atoms with E-state index < -0.39 is 10.4 Å². The molecule has 0 fully saturated rings. The maximum atomic E-state index is 8.74. The lowest BCUT2D eigenvalue weighted by Gasteiger charge is -1.68. The van der Waals surface area contributed by atoms with Crippen LogP contribution in [0.25, 0.3) is 0 Å². The van der Waals surface area contributed by atoms with Crippen LogP contribution in [0.1, 0.15) is 0 Å². The third-order valence-electron chi connectivity index (χ3n) is 0. The third-order valence-corrected chi connectivity index (χ3v) is 0. The Hall–Kier alpha value is -0.210. The first-order valence-corrected chi connectivity index (χ1v) is 2.54. The lowest BCUT2D eigenvalue weighted by molar-refractivity contribution is 0.381. The quantitative estimate of drug-likeness (QED) is 0.347. The number of hydrogen-bond donors (Lipinski definition) is 3. The Balaban J connectivity index is -0.0000000750. The van der Waals surface area contributed by atoms with Gasteiger partial charge in [0.15, 0.2) is 0 Å². The van der Waals surface area contributed by atoms with Gasteiger partial charge in [0.2, 0.25) is 0 Å². The molecule has 0 aromatic rings. The van der Waals surface area contributed by atoms with E-state index >= 15 is 0 Å². The van der Waals surface area contributed by atoms with Crippen LogP contribution in [-0.2, 0) is 10.4 Å². The lowest BCUT2D eigenvalue weighted by atomic mass is 11.8. The summed E-state index contributed by atoms with van der Waals surface area (Å²) in [5.74, 6) is 0. The highest BCUT2D eigenvalue weighted by Crippen LogP contribution is 1.59. The van der Waals surface area contributed by atoms with Crippen molar-refractivity contribution in [1.82, 2.24) is 0 Å². The van der Waals surface area contributed by atoms with Gasteiger partial charge in [-0.1, -0.05) is 0 Å². The highest BCUT2D eigenvalue weighted by Gasteiger charge is 1.84. The van der Waals surface area contributed by atoms with Crippen molar-refractivity contribution in [2.75, 3.05) is 7.11 Å². The molecule has 0 saturated carbocycles. The first-order valence-electron chi connectivity index (χ1n) is 1.15. The fraction of sp³-hybridized carbons (Fsp3) is 1.00. The standard InChI is InChI=1S/CH4O.H2O4S.H2O/c1-2;1-5(2,3)4;/h2H,1H3;(H2,1,2,3,4);1H2. The first-order chi connectivity index (χ1) is 3.00. The van der Waals surface area contributed by atoms with Crippen LogP contribution in [0.5, 0.6) is 0 Å². The van der Waals surface area contributed by atoms with E-state index in [4.69, 9.17) is 22.6 Å². The molecule has 7 heteroatoms. The summed E-state index contributed by atoms with van der Waals surface area (Å²) in [4.78, 5) is 0. The molecule has 0 radical (unpaired) electrons. The predicted octanol–water partition coefficient (Wildman–Crippen LogP) is -1.87. The summed E-state index contributed by atoms with van der Waals surface area (Å²) in [7, 11) is -3.67. The van der Waals surface area contributed by atoms with Crippen molar-refractivity contribution in [1.29, 1.82) is 0 Å². The summed E-state index contributed by atoms with van der Waals surface area (Å²) in [5, 5.41) is 7.00. The zero-order valence-electron chi connectivity index (χ0n) is 4.07. The van der Waals surface area contributed by atoms with Gasteiger partial charge in [-0.2, -0.15) is 8.42 Å². The van der Waals surface area contributed by atoms with Crippen molar-refractivity contribution in [3.8, 4) is 0 Å². The fourth-order valence-electron chi connectivity index (χ4n) is 0. The van der Waals surface area contributed by atoms with Crippen LogP contribution >= 0.6 is 0 Å². The van der Waals surface area contributed by atoms with Gasteiger partial charge in [0.25, 0.3) is 0 Å². The normalized spacial score (nSPS) is 8.00. The van der Waals surface area contributed by atoms with Crippen LogP contribution in [0.3, 0.4) is 0 Å². The Morgan fingerprint density at radius 3 is 1.12 bits per heavy atom. The molecular weight excluding hydrogens is 140 g/mol. The molecule has 0 aliphatic heterocycles. The minimum absolute atomic E-state index is 0. The Morgan fingerprint density at radius 2 is 1.12 bits per heavy atom. The lowest BCUT2D eigenvalue weighted by Crippen LogP contribution is -1.89. The molecule has 0 heterocycles. The monoisotopic (exact) mass is 148 g/mol. The van der Waals surface area contributed by atoms with Gasteiger partial charge in [-0.25, -0.2) is 0 Å². The van der Waals surface area contributed by atoms with Crippen molar-refractivity contribution < 1.29 is 28.1 Å². The molecule has 0 rings (SSSR count). The van der Waals surface area contributed by atoms with Crippen LogP contribution < -0.4 is 0 Å². The smallest absolute Gasteiger partial charge is 0.394 e. The average Bonchev–Trinajstić information content (AvgIpc) is 1.36. The molecule has 5 N–H and O–H groups in total. The van der Waals surface area contributed by atoms with Crippen LogP contribution in [0.2, 0.25) is 0 Å². The summed E-state index contributed by atoms with van der Waals surface area (Å²) in [6, 6.07) is 0. The van der Waals surface area contributed by atoms with Gasteiger partial charge < -0.3 is 10.6 Å². The molecule has 0 atom stereocenters. The van der Waals surface area contributed by atoms with E-state index in [-0.39, 0.29) is 5.48 Å². The van der Waals surface area contributed by atoms with Gasteiger partial charge in [-0.05, 0) is 0 Å². The SMILES string of the molecule is CO.O.O=S(=O)(O)O. The Labute approximate surface area is 46.7 Å². The summed E-state index contributed by atoms with van der Waals surface area (Å²) in [5.41, 5.74) is 0. The van der Waals surface area contributed by atoms with Gasteiger partial charge in [0, 0.05) is 7.11 Å². The Morgan fingerprint density at radius 1 is 1.12 bits per heavy atom. The van der Waals surface area contributed by atoms with E-state index in [1.54, 1.807) is 0 Å². The summed E-state index contributed by atoms with van der Waals surface area (Å²) >= 11 is 0. The van der Waals surface area contributed by atoms with E-state index in [1.165, 1.54) is 0 Å². The molecule has 0 bridgehead atoms. The minimum atomic E-state index is -4.67. The van der Waals surface area contributed by atoms with E-state index in [2.05, 4.69) is 0 Å². The fourth-order valence-corrected chi connectivity index (χ4v) is 0. The third kappa shape index (κ3) is 3010. The Kier molecular flexibility index (Phi) is 13.3. The van der Waals surface area contributed by atoms with Crippen molar-refractivity contribution >= 4 is 10.4 Å². The molecule has 0 amide bonds. The maximum Gasteiger partial charge on any atom is 0.394 e. The van der Waals surface area contributed by atoms with Crippen LogP contribution in [0.15, 0.2) is 0 Å². The molecule has 0 saturated heterocycles. The van der Waals surface area contributed by atoms with E-state index in [9.17, 15) is 0 Å². The van der Waals surface area contributed by atoms with Gasteiger partial charge in [0.05, 0.1) is 0 Å². The molecule has 0 aliphatic carbocycles. The zero-order valence-corrected chi connectivity index (χ0v) is 4.88. The second kappa shape index (κ2) is 6.79. The van der Waals surface area contributed by atoms with Crippen molar-refractivity contribution in [2.24, 2.45) is 0 Å². The van der Waals surface area contributed by atoms with Crippen molar-refractivity contribution in [2.45, 2.75) is 0 Å². The van der Waals surface area contributed by atoms with Gasteiger partial charge >= 0.3 is 10.4 Å². The van der Waals surface area contributed by atoms with Gasteiger partial charge in [-0.15, -0.1) is 0 Å². The van der Waals surface area contributed by atoms with Crippen LogP contribution in [0.4, 0.5) is 0 Å². The number of rotatable bonds is 0. The number of aliphatic hydroxyl groups excluding tert-OH is 1. The molecule has 0 aromatic heterocycles. The van der Waals surface area contributed by atoms with Gasteiger partial charge in [-0.3, -0.25) is 9.11 Å². The minimum Gasteiger partial charge on any atom is -0.412 e. The summed E-state index contributed by atoms with van der Waals surface area (Å²) in [6.07, 6.45) is 0. The predicted molar refractivity (Wildman–Crippen MR) is 25.9 cm³/mol. The molecule has 0 spiro atoms. The molecule has 0 unspecified atom stereocenters. The summed E-state index contributed by atoms with van der Waals surface area (Å²) < 4.78 is 31.6. The molecule has 6 nitrogen and oxygen atoms in total. The van der Waals surface area contributed by atoms with Crippen LogP contribution in [-0.4, -0.2) is 35.2 Å². The summed E-state index contributed by atoms with van der Waals surface area (Å²) in [6.45, 7) is 0. The van der Waals surface area contributed by atoms with Crippen molar-refractivity contribution in [3.05, 3.63) is 0 Å². The average molecular weight is 148 g/mol. The molecule has 0 aromatic carbocycles. The zero-order chi connectivity index (χ0) is 6.50. The highest BCUT2D eigenvalue weighted by molar-refractivity contribution is 7.79. The second-order valence-electron chi connectivity index (χ2n) is 0.448. The van der Waals surface area contributed by atoms with Crippen LogP contribution in [0, 0.1) is 0 Å². The van der Waals surface area contributed by atoms with E-state index in [0.717, 1.165) is 7.11 Å². The highest BCUT2D eigenvalue weighted by atomic mass is 32.3. The molecular formula is CH8O6S. The molecule has 8 heavy (non-hydrogen) atoms. The second-order valence-corrected chi connectivity index (χ2v) is 1.34. The number of aliphatic hydroxyl groups is 1. The molecule has 0 aliphatic rings.